The second-order valence-corrected chi connectivity index (χ2v) is 4.23. The molecule has 2 N–H and O–H groups in total. The summed E-state index contributed by atoms with van der Waals surface area (Å²) < 4.78 is 5.16. The average molecular weight is 293 g/mol. The van der Waals surface area contributed by atoms with Gasteiger partial charge in [-0.25, -0.2) is 9.97 Å². The van der Waals surface area contributed by atoms with Crippen molar-refractivity contribution in [1.82, 2.24) is 9.97 Å². The van der Waals surface area contributed by atoms with Crippen molar-refractivity contribution in [2.75, 3.05) is 12.4 Å². The highest BCUT2D eigenvalue weighted by molar-refractivity contribution is 6.32. The van der Waals surface area contributed by atoms with E-state index in [0.29, 0.717) is 17.9 Å². The topological polar surface area (TPSA) is 79.6 Å². The number of hydrogen-bond donors (Lipinski definition) is 2. The SMILES string of the molecule is COc1cccc(CNc2ncnc(Cl)c2/C=N/O)c1. The van der Waals surface area contributed by atoms with Crippen LogP contribution in [0.4, 0.5) is 5.82 Å². The number of hydrogen-bond acceptors (Lipinski definition) is 6. The van der Waals surface area contributed by atoms with Crippen molar-refractivity contribution in [2.24, 2.45) is 5.16 Å². The molecule has 0 atom stereocenters. The standard InChI is InChI=1S/C13H13ClN4O2/c1-20-10-4-2-3-9(5-10)6-15-13-11(7-18-19)12(14)16-8-17-13/h2-5,7-8,19H,6H2,1H3,(H,15,16,17)/b18-7+. The average Bonchev–Trinajstić information content (AvgIpc) is 2.48. The zero-order valence-electron chi connectivity index (χ0n) is 10.7. The first-order chi connectivity index (χ1) is 9.74. The van der Waals surface area contributed by atoms with E-state index in [-0.39, 0.29) is 5.15 Å². The Morgan fingerprint density at radius 3 is 3.05 bits per heavy atom. The molecule has 1 aromatic carbocycles. The molecule has 2 rings (SSSR count). The third-order valence-electron chi connectivity index (χ3n) is 2.62. The zero-order chi connectivity index (χ0) is 14.4. The number of aromatic nitrogens is 2. The molecule has 0 saturated heterocycles. The van der Waals surface area contributed by atoms with E-state index in [9.17, 15) is 0 Å². The van der Waals surface area contributed by atoms with Gasteiger partial charge in [0, 0.05) is 6.54 Å². The van der Waals surface area contributed by atoms with Crippen molar-refractivity contribution < 1.29 is 9.94 Å². The van der Waals surface area contributed by atoms with Gasteiger partial charge in [0.15, 0.2) is 0 Å². The van der Waals surface area contributed by atoms with Gasteiger partial charge in [-0.15, -0.1) is 0 Å². The van der Waals surface area contributed by atoms with E-state index in [0.717, 1.165) is 11.3 Å². The molecule has 7 heteroatoms. The van der Waals surface area contributed by atoms with Gasteiger partial charge < -0.3 is 15.3 Å². The molecule has 0 spiro atoms. The van der Waals surface area contributed by atoms with Gasteiger partial charge in [-0.1, -0.05) is 28.9 Å². The summed E-state index contributed by atoms with van der Waals surface area (Å²) in [5.41, 5.74) is 1.45. The first-order valence-electron chi connectivity index (χ1n) is 5.79. The van der Waals surface area contributed by atoms with Gasteiger partial charge in [-0.3, -0.25) is 0 Å². The van der Waals surface area contributed by atoms with Crippen LogP contribution in [0.3, 0.4) is 0 Å². The Hall–Kier alpha value is -2.34. The number of methoxy groups -OCH3 is 1. The molecule has 2 aromatic rings. The molecule has 6 nitrogen and oxygen atoms in total. The maximum Gasteiger partial charge on any atom is 0.143 e. The van der Waals surface area contributed by atoms with E-state index in [1.807, 2.05) is 24.3 Å². The summed E-state index contributed by atoms with van der Waals surface area (Å²) in [4.78, 5) is 7.91. The predicted octanol–water partition coefficient (Wildman–Crippen LogP) is 2.56. The van der Waals surface area contributed by atoms with Crippen LogP contribution in [-0.4, -0.2) is 28.5 Å². The van der Waals surface area contributed by atoms with Crippen molar-refractivity contribution in [3.8, 4) is 5.75 Å². The van der Waals surface area contributed by atoms with Crippen LogP contribution in [0, 0.1) is 0 Å². The maximum absolute atomic E-state index is 8.63. The van der Waals surface area contributed by atoms with E-state index in [1.54, 1.807) is 7.11 Å². The molecule has 0 unspecified atom stereocenters. The van der Waals surface area contributed by atoms with E-state index in [4.69, 9.17) is 21.5 Å². The molecule has 0 aliphatic carbocycles. The molecule has 0 amide bonds. The molecule has 0 radical (unpaired) electrons. The lowest BCUT2D eigenvalue weighted by Crippen LogP contribution is -2.06. The molecule has 104 valence electrons. The lowest BCUT2D eigenvalue weighted by atomic mass is 10.2. The van der Waals surface area contributed by atoms with E-state index in [2.05, 4.69) is 20.4 Å². The lowest BCUT2D eigenvalue weighted by Gasteiger charge is -2.09. The minimum absolute atomic E-state index is 0.214. The summed E-state index contributed by atoms with van der Waals surface area (Å²) in [6.07, 6.45) is 2.53. The molecule has 0 fully saturated rings. The number of oxime groups is 1. The Bertz CT molecular complexity index is 619. The van der Waals surface area contributed by atoms with Crippen LogP contribution in [0.5, 0.6) is 5.75 Å². The molecule has 0 aliphatic rings. The van der Waals surface area contributed by atoms with Crippen LogP contribution in [0.25, 0.3) is 0 Å². The Balaban J connectivity index is 2.16. The van der Waals surface area contributed by atoms with Crippen LogP contribution in [-0.2, 0) is 6.54 Å². The van der Waals surface area contributed by atoms with Gasteiger partial charge in [0.05, 0.1) is 18.9 Å². The molecular formula is C13H13ClN4O2. The fourth-order valence-electron chi connectivity index (χ4n) is 1.66. The van der Waals surface area contributed by atoms with E-state index >= 15 is 0 Å². The highest BCUT2D eigenvalue weighted by Crippen LogP contribution is 2.19. The Morgan fingerprint density at radius 2 is 2.30 bits per heavy atom. The normalized spacial score (nSPS) is 10.7. The quantitative estimate of drug-likeness (QED) is 0.383. The van der Waals surface area contributed by atoms with Crippen molar-refractivity contribution >= 4 is 23.6 Å². The molecule has 20 heavy (non-hydrogen) atoms. The van der Waals surface area contributed by atoms with Crippen molar-refractivity contribution in [3.05, 3.63) is 46.9 Å². The second kappa shape index (κ2) is 6.72. The van der Waals surface area contributed by atoms with Gasteiger partial charge in [-0.2, -0.15) is 0 Å². The second-order valence-electron chi connectivity index (χ2n) is 3.88. The number of rotatable bonds is 5. The largest absolute Gasteiger partial charge is 0.497 e. The van der Waals surface area contributed by atoms with Crippen LogP contribution in [0.1, 0.15) is 11.1 Å². The number of ether oxygens (including phenoxy) is 1. The van der Waals surface area contributed by atoms with E-state index in [1.165, 1.54) is 12.5 Å². The van der Waals surface area contributed by atoms with Crippen molar-refractivity contribution in [3.63, 3.8) is 0 Å². The number of nitrogens with zero attached hydrogens (tertiary/aromatic N) is 3. The summed E-state index contributed by atoms with van der Waals surface area (Å²) in [5, 5.41) is 14.9. The summed E-state index contributed by atoms with van der Waals surface area (Å²) in [5.74, 6) is 1.27. The van der Waals surface area contributed by atoms with Gasteiger partial charge in [0.25, 0.3) is 0 Å². The Labute approximate surface area is 121 Å². The highest BCUT2D eigenvalue weighted by Gasteiger charge is 2.08. The van der Waals surface area contributed by atoms with E-state index < -0.39 is 0 Å². The van der Waals surface area contributed by atoms with Crippen LogP contribution in [0.15, 0.2) is 35.7 Å². The van der Waals surface area contributed by atoms with Gasteiger partial charge in [0.2, 0.25) is 0 Å². The van der Waals surface area contributed by atoms with Crippen LogP contribution >= 0.6 is 11.6 Å². The Morgan fingerprint density at radius 1 is 1.45 bits per heavy atom. The fourth-order valence-corrected chi connectivity index (χ4v) is 1.84. The molecule has 0 bridgehead atoms. The molecule has 0 saturated carbocycles. The third kappa shape index (κ3) is 3.36. The van der Waals surface area contributed by atoms with Crippen molar-refractivity contribution in [2.45, 2.75) is 6.54 Å². The van der Waals surface area contributed by atoms with Crippen LogP contribution < -0.4 is 10.1 Å². The third-order valence-corrected chi connectivity index (χ3v) is 2.92. The number of anilines is 1. The minimum atomic E-state index is 0.214. The smallest absolute Gasteiger partial charge is 0.143 e. The van der Waals surface area contributed by atoms with Gasteiger partial charge >= 0.3 is 0 Å². The summed E-state index contributed by atoms with van der Waals surface area (Å²) in [7, 11) is 1.62. The molecule has 1 aromatic heterocycles. The Kier molecular flexibility index (Phi) is 4.73. The summed E-state index contributed by atoms with van der Waals surface area (Å²) >= 11 is 5.92. The van der Waals surface area contributed by atoms with Crippen molar-refractivity contribution in [1.29, 1.82) is 0 Å². The first-order valence-corrected chi connectivity index (χ1v) is 6.17. The molecular weight excluding hydrogens is 280 g/mol. The highest BCUT2D eigenvalue weighted by atomic mass is 35.5. The fraction of sp³-hybridized carbons (Fsp3) is 0.154. The first kappa shape index (κ1) is 14.1. The number of halogens is 1. The molecule has 0 aliphatic heterocycles. The van der Waals surface area contributed by atoms with Crippen LogP contribution in [0.2, 0.25) is 5.15 Å². The molecule has 1 heterocycles. The van der Waals surface area contributed by atoms with Gasteiger partial charge in [0.1, 0.15) is 23.0 Å². The summed E-state index contributed by atoms with van der Waals surface area (Å²) in [6.45, 7) is 0.525. The number of benzene rings is 1. The number of nitrogens with one attached hydrogen (secondary N) is 1. The minimum Gasteiger partial charge on any atom is -0.497 e. The lowest BCUT2D eigenvalue weighted by molar-refractivity contribution is 0.322. The zero-order valence-corrected chi connectivity index (χ0v) is 11.5. The van der Waals surface area contributed by atoms with Gasteiger partial charge in [-0.05, 0) is 17.7 Å². The monoisotopic (exact) mass is 292 g/mol. The maximum atomic E-state index is 8.63. The predicted molar refractivity (Wildman–Crippen MR) is 76.7 cm³/mol. The summed E-state index contributed by atoms with van der Waals surface area (Å²) in [6, 6.07) is 7.64.